The summed E-state index contributed by atoms with van der Waals surface area (Å²) < 4.78 is 0. The van der Waals surface area contributed by atoms with Crippen molar-refractivity contribution in [1.82, 2.24) is 15.2 Å². The Labute approximate surface area is 113 Å². The van der Waals surface area contributed by atoms with Crippen molar-refractivity contribution in [3.8, 4) is 11.4 Å². The summed E-state index contributed by atoms with van der Waals surface area (Å²) in [6, 6.07) is 6.01. The van der Waals surface area contributed by atoms with Gasteiger partial charge in [0.05, 0.1) is 11.4 Å². The second-order valence-corrected chi connectivity index (χ2v) is 4.69. The van der Waals surface area contributed by atoms with E-state index >= 15 is 0 Å². The highest BCUT2D eigenvalue weighted by molar-refractivity contribution is 6.02. The number of hydrogen-bond acceptors (Lipinski definition) is 4. The van der Waals surface area contributed by atoms with Crippen molar-refractivity contribution in [3.63, 3.8) is 0 Å². The minimum Gasteiger partial charge on any atom is -0.367 e. The van der Waals surface area contributed by atoms with Crippen LogP contribution < -0.4 is 5.32 Å². The number of nitrogens with zero attached hydrogens (tertiary/aromatic N) is 2. The normalized spacial score (nSPS) is 10.7. The zero-order chi connectivity index (χ0) is 13.8. The molecule has 0 radical (unpaired) electrons. The Hall–Kier alpha value is -2.17. The van der Waals surface area contributed by atoms with Crippen LogP contribution in [0.15, 0.2) is 24.4 Å². The fraction of sp³-hybridized carbons (Fsp3) is 0.357. The minimum atomic E-state index is 0.271. The molecule has 0 aliphatic carbocycles. The third-order valence-electron chi connectivity index (χ3n) is 2.78. The summed E-state index contributed by atoms with van der Waals surface area (Å²) in [5, 5.41) is 18.2. The first-order chi connectivity index (χ1) is 9.11. The van der Waals surface area contributed by atoms with Gasteiger partial charge < -0.3 is 10.7 Å². The zero-order valence-electron chi connectivity index (χ0n) is 11.5. The standard InChI is InChI=1S/C14H19N5/c1-4-11(15)10-5-6-12(13-7-8-16-19-13)18-14(10)17-9(2)3/h5-9,15H,4H2,1-3H3,(H,16,19)(H,17,18). The molecule has 0 aliphatic heterocycles. The van der Waals surface area contributed by atoms with Crippen LogP contribution in [-0.4, -0.2) is 26.9 Å². The van der Waals surface area contributed by atoms with Gasteiger partial charge in [0, 0.05) is 23.5 Å². The number of aromatic amines is 1. The lowest BCUT2D eigenvalue weighted by Crippen LogP contribution is -2.15. The topological polar surface area (TPSA) is 77.5 Å². The van der Waals surface area contributed by atoms with E-state index in [9.17, 15) is 0 Å². The predicted octanol–water partition coefficient (Wildman–Crippen LogP) is 3.07. The SMILES string of the molecule is CCC(=N)c1ccc(-c2ccn[nH]2)nc1NC(C)C. The zero-order valence-corrected chi connectivity index (χ0v) is 11.5. The molecule has 100 valence electrons. The smallest absolute Gasteiger partial charge is 0.136 e. The van der Waals surface area contributed by atoms with Gasteiger partial charge in [-0.25, -0.2) is 4.98 Å². The molecule has 0 unspecified atom stereocenters. The Morgan fingerprint density at radius 2 is 2.16 bits per heavy atom. The molecule has 5 nitrogen and oxygen atoms in total. The number of rotatable bonds is 5. The van der Waals surface area contributed by atoms with Gasteiger partial charge in [0.15, 0.2) is 0 Å². The van der Waals surface area contributed by atoms with Crippen molar-refractivity contribution in [2.45, 2.75) is 33.2 Å². The predicted molar refractivity (Wildman–Crippen MR) is 77.7 cm³/mol. The maximum absolute atomic E-state index is 8.01. The first-order valence-corrected chi connectivity index (χ1v) is 6.47. The summed E-state index contributed by atoms with van der Waals surface area (Å²) in [5.74, 6) is 0.758. The maximum Gasteiger partial charge on any atom is 0.136 e. The molecule has 0 amide bonds. The molecule has 2 aromatic heterocycles. The van der Waals surface area contributed by atoms with E-state index < -0.39 is 0 Å². The summed E-state index contributed by atoms with van der Waals surface area (Å²) in [7, 11) is 0. The molecule has 2 aromatic rings. The molecule has 19 heavy (non-hydrogen) atoms. The quantitative estimate of drug-likeness (QED) is 0.720. The van der Waals surface area contributed by atoms with Crippen molar-refractivity contribution >= 4 is 11.5 Å². The van der Waals surface area contributed by atoms with Crippen LogP contribution in [0, 0.1) is 5.41 Å². The molecule has 0 saturated heterocycles. The van der Waals surface area contributed by atoms with E-state index in [1.807, 2.05) is 25.1 Å². The largest absolute Gasteiger partial charge is 0.367 e. The van der Waals surface area contributed by atoms with Gasteiger partial charge in [-0.15, -0.1) is 0 Å². The summed E-state index contributed by atoms with van der Waals surface area (Å²) in [6.45, 7) is 6.10. The maximum atomic E-state index is 8.01. The Morgan fingerprint density at radius 3 is 2.74 bits per heavy atom. The van der Waals surface area contributed by atoms with Crippen LogP contribution in [0.4, 0.5) is 5.82 Å². The number of aromatic nitrogens is 3. The number of pyridine rings is 1. The van der Waals surface area contributed by atoms with E-state index in [0.29, 0.717) is 12.1 Å². The van der Waals surface area contributed by atoms with Crippen LogP contribution in [0.5, 0.6) is 0 Å². The third kappa shape index (κ3) is 2.99. The Bertz CT molecular complexity index is 557. The first-order valence-electron chi connectivity index (χ1n) is 6.47. The third-order valence-corrected chi connectivity index (χ3v) is 2.78. The number of anilines is 1. The highest BCUT2D eigenvalue weighted by Gasteiger charge is 2.11. The molecule has 3 N–H and O–H groups in total. The van der Waals surface area contributed by atoms with Crippen LogP contribution >= 0.6 is 0 Å². The van der Waals surface area contributed by atoms with Gasteiger partial charge in [0.2, 0.25) is 0 Å². The first kappa shape index (κ1) is 13.3. The Balaban J connectivity index is 2.44. The molecule has 2 heterocycles. The molecule has 0 aliphatic rings. The minimum absolute atomic E-state index is 0.271. The van der Waals surface area contributed by atoms with Gasteiger partial charge in [-0.2, -0.15) is 5.10 Å². The molecule has 0 fully saturated rings. The monoisotopic (exact) mass is 257 g/mol. The number of hydrogen-bond donors (Lipinski definition) is 3. The number of nitrogens with one attached hydrogen (secondary N) is 3. The van der Waals surface area contributed by atoms with E-state index in [2.05, 4.69) is 34.3 Å². The highest BCUT2D eigenvalue weighted by Crippen LogP contribution is 2.21. The summed E-state index contributed by atoms with van der Waals surface area (Å²) in [5.41, 5.74) is 3.15. The molecule has 2 rings (SSSR count). The van der Waals surface area contributed by atoms with Crippen LogP contribution in [0.3, 0.4) is 0 Å². The fourth-order valence-corrected chi connectivity index (χ4v) is 1.83. The van der Waals surface area contributed by atoms with E-state index in [4.69, 9.17) is 5.41 Å². The lowest BCUT2D eigenvalue weighted by molar-refractivity contribution is 0.888. The van der Waals surface area contributed by atoms with Gasteiger partial charge in [0.1, 0.15) is 5.82 Å². The molecule has 5 heteroatoms. The van der Waals surface area contributed by atoms with E-state index in [1.165, 1.54) is 0 Å². The van der Waals surface area contributed by atoms with Crippen molar-refractivity contribution in [2.75, 3.05) is 5.32 Å². The molecular formula is C14H19N5. The van der Waals surface area contributed by atoms with Crippen LogP contribution in [0.1, 0.15) is 32.8 Å². The molecule has 0 bridgehead atoms. The van der Waals surface area contributed by atoms with Crippen molar-refractivity contribution < 1.29 is 0 Å². The summed E-state index contributed by atoms with van der Waals surface area (Å²) in [4.78, 5) is 4.60. The summed E-state index contributed by atoms with van der Waals surface area (Å²) in [6.07, 6.45) is 2.40. The van der Waals surface area contributed by atoms with Gasteiger partial charge >= 0.3 is 0 Å². The Kier molecular flexibility index (Phi) is 3.94. The molecule has 0 saturated carbocycles. The number of H-pyrrole nitrogens is 1. The van der Waals surface area contributed by atoms with Crippen LogP contribution in [0.25, 0.3) is 11.4 Å². The average Bonchev–Trinajstić information content (AvgIpc) is 2.91. The van der Waals surface area contributed by atoms with E-state index in [1.54, 1.807) is 6.20 Å². The van der Waals surface area contributed by atoms with Crippen molar-refractivity contribution in [2.24, 2.45) is 0 Å². The van der Waals surface area contributed by atoms with Gasteiger partial charge in [-0.3, -0.25) is 5.10 Å². The Morgan fingerprint density at radius 1 is 1.37 bits per heavy atom. The second kappa shape index (κ2) is 5.65. The second-order valence-electron chi connectivity index (χ2n) is 4.69. The van der Waals surface area contributed by atoms with E-state index in [0.717, 1.165) is 22.8 Å². The molecule has 0 spiro atoms. The highest BCUT2D eigenvalue weighted by atomic mass is 15.1. The van der Waals surface area contributed by atoms with Gasteiger partial charge in [0.25, 0.3) is 0 Å². The van der Waals surface area contributed by atoms with Gasteiger partial charge in [-0.05, 0) is 38.5 Å². The van der Waals surface area contributed by atoms with Crippen LogP contribution in [-0.2, 0) is 0 Å². The van der Waals surface area contributed by atoms with Crippen molar-refractivity contribution in [1.29, 1.82) is 5.41 Å². The van der Waals surface area contributed by atoms with Crippen LogP contribution in [0.2, 0.25) is 0 Å². The lowest BCUT2D eigenvalue weighted by Gasteiger charge is -2.15. The summed E-state index contributed by atoms with van der Waals surface area (Å²) >= 11 is 0. The molecular weight excluding hydrogens is 238 g/mol. The fourth-order valence-electron chi connectivity index (χ4n) is 1.83. The van der Waals surface area contributed by atoms with Crippen molar-refractivity contribution in [3.05, 3.63) is 30.0 Å². The van der Waals surface area contributed by atoms with Gasteiger partial charge in [-0.1, -0.05) is 6.92 Å². The molecule has 0 aromatic carbocycles. The molecule has 0 atom stereocenters. The lowest BCUT2D eigenvalue weighted by atomic mass is 10.1. The average molecular weight is 257 g/mol. The van der Waals surface area contributed by atoms with E-state index in [-0.39, 0.29) is 6.04 Å².